The van der Waals surface area contributed by atoms with E-state index in [1.54, 1.807) is 7.11 Å². The van der Waals surface area contributed by atoms with E-state index < -0.39 is 12.0 Å². The average molecular weight is 368 g/mol. The number of nitrogens with one attached hydrogen (secondary N) is 2. The van der Waals surface area contributed by atoms with Gasteiger partial charge in [-0.2, -0.15) is 0 Å². The van der Waals surface area contributed by atoms with Crippen molar-refractivity contribution in [2.45, 2.75) is 19.6 Å². The Balaban J connectivity index is 1.89. The largest absolute Gasteiger partial charge is 0.496 e. The lowest BCUT2D eigenvalue weighted by Gasteiger charge is -2.30. The molecule has 2 N–H and O–H groups in total. The molecule has 0 amide bonds. The van der Waals surface area contributed by atoms with E-state index in [0.29, 0.717) is 22.1 Å². The van der Waals surface area contributed by atoms with Crippen LogP contribution in [0.1, 0.15) is 24.1 Å². The maximum Gasteiger partial charge on any atom is 0.338 e. The maximum absolute atomic E-state index is 12.8. The van der Waals surface area contributed by atoms with Gasteiger partial charge in [0, 0.05) is 11.3 Å². The summed E-state index contributed by atoms with van der Waals surface area (Å²) < 4.78 is 11.0. The van der Waals surface area contributed by atoms with Crippen LogP contribution in [0.2, 0.25) is 0 Å². The molecular formula is C20H20N2O3S. The Bertz CT molecular complexity index is 849. The number of benzene rings is 2. The molecule has 0 spiro atoms. The van der Waals surface area contributed by atoms with Gasteiger partial charge in [-0.1, -0.05) is 48.5 Å². The zero-order valence-corrected chi connectivity index (χ0v) is 15.4. The van der Waals surface area contributed by atoms with Gasteiger partial charge >= 0.3 is 5.97 Å². The number of ether oxygens (including phenoxy) is 2. The van der Waals surface area contributed by atoms with Crippen molar-refractivity contribution in [1.29, 1.82) is 0 Å². The normalized spacial score (nSPS) is 16.5. The van der Waals surface area contributed by atoms with Crippen LogP contribution in [-0.4, -0.2) is 18.2 Å². The minimum Gasteiger partial charge on any atom is -0.496 e. The molecule has 6 heteroatoms. The zero-order valence-electron chi connectivity index (χ0n) is 14.6. The van der Waals surface area contributed by atoms with Crippen molar-refractivity contribution in [3.63, 3.8) is 0 Å². The first-order valence-corrected chi connectivity index (χ1v) is 8.63. The van der Waals surface area contributed by atoms with E-state index in [-0.39, 0.29) is 6.61 Å². The van der Waals surface area contributed by atoms with E-state index >= 15 is 0 Å². The second-order valence-corrected chi connectivity index (χ2v) is 6.28. The molecular weight excluding hydrogens is 348 g/mol. The molecule has 0 bridgehead atoms. The van der Waals surface area contributed by atoms with Crippen molar-refractivity contribution in [1.82, 2.24) is 10.6 Å². The lowest BCUT2D eigenvalue weighted by Crippen LogP contribution is -2.45. The van der Waals surface area contributed by atoms with Crippen LogP contribution in [0.5, 0.6) is 5.75 Å². The minimum absolute atomic E-state index is 0.208. The number of thiocarbonyl (C=S) groups is 1. The van der Waals surface area contributed by atoms with Gasteiger partial charge in [-0.3, -0.25) is 0 Å². The van der Waals surface area contributed by atoms with Gasteiger partial charge < -0.3 is 20.1 Å². The molecule has 1 aliphatic heterocycles. The van der Waals surface area contributed by atoms with Crippen molar-refractivity contribution in [2.24, 2.45) is 0 Å². The number of methoxy groups -OCH3 is 1. The summed E-state index contributed by atoms with van der Waals surface area (Å²) in [6.45, 7) is 2.02. The first-order chi connectivity index (χ1) is 12.6. The summed E-state index contributed by atoms with van der Waals surface area (Å²) in [4.78, 5) is 12.8. The topological polar surface area (TPSA) is 59.6 Å². The van der Waals surface area contributed by atoms with Crippen LogP contribution in [0, 0.1) is 0 Å². The number of hydrogen-bond donors (Lipinski definition) is 2. The highest BCUT2D eigenvalue weighted by atomic mass is 32.1. The fourth-order valence-corrected chi connectivity index (χ4v) is 3.17. The molecule has 0 aromatic heterocycles. The summed E-state index contributed by atoms with van der Waals surface area (Å²) in [5, 5.41) is 6.61. The fraction of sp³-hybridized carbons (Fsp3) is 0.200. The van der Waals surface area contributed by atoms with E-state index in [4.69, 9.17) is 21.7 Å². The standard InChI is InChI=1S/C20H20N2O3S/c1-13-17(19(23)25-12-14-8-4-3-5-9-14)18(22-20(26)21-13)15-10-6-7-11-16(15)24-2/h3-11,18H,12H2,1-2H3,(H2,21,22,26)/t18-/m0/s1. The van der Waals surface area contributed by atoms with Crippen LogP contribution in [0.3, 0.4) is 0 Å². The molecule has 0 saturated heterocycles. The van der Waals surface area contributed by atoms with Crippen LogP contribution >= 0.6 is 12.2 Å². The van der Waals surface area contributed by atoms with E-state index in [0.717, 1.165) is 11.1 Å². The Kier molecular flexibility index (Phi) is 5.53. The summed E-state index contributed by atoms with van der Waals surface area (Å²) in [5.74, 6) is 0.278. The lowest BCUT2D eigenvalue weighted by atomic mass is 9.95. The molecule has 1 heterocycles. The molecule has 3 rings (SSSR count). The summed E-state index contributed by atoms with van der Waals surface area (Å²) in [6.07, 6.45) is 0. The molecule has 1 atom stereocenters. The number of carbonyl (C=O) groups excluding carboxylic acids is 1. The number of carbonyl (C=O) groups is 1. The van der Waals surface area contributed by atoms with Crippen molar-refractivity contribution in [3.8, 4) is 5.75 Å². The average Bonchev–Trinajstić information content (AvgIpc) is 2.66. The lowest BCUT2D eigenvalue weighted by molar-refractivity contribution is -0.140. The van der Waals surface area contributed by atoms with Crippen LogP contribution < -0.4 is 15.4 Å². The first kappa shape index (κ1) is 17.9. The van der Waals surface area contributed by atoms with E-state index in [1.807, 2.05) is 61.5 Å². The minimum atomic E-state index is -0.442. The molecule has 1 aliphatic rings. The second-order valence-electron chi connectivity index (χ2n) is 5.87. The third-order valence-electron chi connectivity index (χ3n) is 4.15. The second kappa shape index (κ2) is 8.01. The summed E-state index contributed by atoms with van der Waals surface area (Å²) in [7, 11) is 1.60. The number of rotatable bonds is 5. The molecule has 2 aromatic rings. The number of hydrogen-bond acceptors (Lipinski definition) is 4. The van der Waals surface area contributed by atoms with E-state index in [2.05, 4.69) is 10.6 Å². The monoisotopic (exact) mass is 368 g/mol. The quantitative estimate of drug-likeness (QED) is 0.624. The SMILES string of the molecule is COc1ccccc1[C@@H]1NC(=S)NC(C)=C1C(=O)OCc1ccccc1. The van der Waals surface area contributed by atoms with Gasteiger partial charge in [-0.05, 0) is 30.8 Å². The van der Waals surface area contributed by atoms with Crippen molar-refractivity contribution >= 4 is 23.3 Å². The smallest absolute Gasteiger partial charge is 0.338 e. The van der Waals surface area contributed by atoms with Crippen LogP contribution in [0.25, 0.3) is 0 Å². The third kappa shape index (κ3) is 3.86. The molecule has 0 saturated carbocycles. The van der Waals surface area contributed by atoms with Crippen LogP contribution in [0.4, 0.5) is 0 Å². The van der Waals surface area contributed by atoms with Gasteiger partial charge in [0.15, 0.2) is 5.11 Å². The summed E-state index contributed by atoms with van der Waals surface area (Å²) >= 11 is 5.27. The van der Waals surface area contributed by atoms with E-state index in [9.17, 15) is 4.79 Å². The van der Waals surface area contributed by atoms with Gasteiger partial charge in [0.25, 0.3) is 0 Å². The van der Waals surface area contributed by atoms with Gasteiger partial charge in [-0.15, -0.1) is 0 Å². The van der Waals surface area contributed by atoms with Crippen molar-refractivity contribution in [2.75, 3.05) is 7.11 Å². The summed E-state index contributed by atoms with van der Waals surface area (Å²) in [5.41, 5.74) is 2.91. The number of allylic oxidation sites excluding steroid dienone is 1. The fourth-order valence-electron chi connectivity index (χ4n) is 2.90. The highest BCUT2D eigenvalue weighted by Crippen LogP contribution is 2.33. The van der Waals surface area contributed by atoms with Crippen molar-refractivity contribution in [3.05, 3.63) is 77.0 Å². The Morgan fingerprint density at radius 1 is 1.12 bits per heavy atom. The molecule has 134 valence electrons. The Morgan fingerprint density at radius 2 is 1.81 bits per heavy atom. The third-order valence-corrected chi connectivity index (χ3v) is 4.37. The highest BCUT2D eigenvalue weighted by Gasteiger charge is 2.32. The molecule has 0 radical (unpaired) electrons. The number of para-hydroxylation sites is 1. The predicted molar refractivity (Wildman–Crippen MR) is 104 cm³/mol. The van der Waals surface area contributed by atoms with Crippen molar-refractivity contribution < 1.29 is 14.3 Å². The Labute approximate surface area is 158 Å². The van der Waals surface area contributed by atoms with Gasteiger partial charge in [0.1, 0.15) is 12.4 Å². The first-order valence-electron chi connectivity index (χ1n) is 8.22. The van der Waals surface area contributed by atoms with Gasteiger partial charge in [-0.25, -0.2) is 4.79 Å². The Hall–Kier alpha value is -2.86. The number of esters is 1. The van der Waals surface area contributed by atoms with Crippen LogP contribution in [-0.2, 0) is 16.1 Å². The highest BCUT2D eigenvalue weighted by molar-refractivity contribution is 7.80. The van der Waals surface area contributed by atoms with Crippen LogP contribution in [0.15, 0.2) is 65.9 Å². The molecule has 0 unspecified atom stereocenters. The maximum atomic E-state index is 12.8. The Morgan fingerprint density at radius 3 is 2.54 bits per heavy atom. The van der Waals surface area contributed by atoms with Gasteiger partial charge in [0.05, 0.1) is 18.7 Å². The summed E-state index contributed by atoms with van der Waals surface area (Å²) in [6, 6.07) is 16.7. The molecule has 26 heavy (non-hydrogen) atoms. The molecule has 0 fully saturated rings. The molecule has 0 aliphatic carbocycles. The van der Waals surface area contributed by atoms with E-state index in [1.165, 1.54) is 0 Å². The predicted octanol–water partition coefficient (Wildman–Crippen LogP) is 3.23. The zero-order chi connectivity index (χ0) is 18.5. The molecule has 5 nitrogen and oxygen atoms in total. The van der Waals surface area contributed by atoms with Gasteiger partial charge in [0.2, 0.25) is 0 Å². The molecule has 2 aromatic carbocycles.